The molecule has 20 heavy (non-hydrogen) atoms. The molecule has 4 nitrogen and oxygen atoms in total. The zero-order valence-electron chi connectivity index (χ0n) is 11.7. The van der Waals surface area contributed by atoms with Crippen LogP contribution >= 0.6 is 0 Å². The zero-order valence-corrected chi connectivity index (χ0v) is 12.6. The molecule has 0 bridgehead atoms. The molecule has 1 aromatic rings. The third kappa shape index (κ3) is 3.70. The number of hydrogen-bond acceptors (Lipinski definition) is 3. The summed E-state index contributed by atoms with van der Waals surface area (Å²) in [5.74, 6) is 0.0950. The van der Waals surface area contributed by atoms with Crippen molar-refractivity contribution in [2.75, 3.05) is 18.6 Å². The molecule has 1 aromatic carbocycles. The van der Waals surface area contributed by atoms with Crippen LogP contribution in [0.2, 0.25) is 0 Å². The van der Waals surface area contributed by atoms with Gasteiger partial charge in [0.2, 0.25) is 5.91 Å². The average molecular weight is 293 g/mol. The number of sulfone groups is 1. The molecule has 0 aromatic heterocycles. The van der Waals surface area contributed by atoms with Crippen molar-refractivity contribution in [2.45, 2.75) is 19.4 Å². The van der Waals surface area contributed by atoms with Crippen LogP contribution in [0.15, 0.2) is 30.3 Å². The summed E-state index contributed by atoms with van der Waals surface area (Å²) in [6.45, 7) is 2.01. The first kappa shape index (κ1) is 14.8. The summed E-state index contributed by atoms with van der Waals surface area (Å²) in [5.41, 5.74) is 2.12. The monoisotopic (exact) mass is 293 g/mol. The van der Waals surface area contributed by atoms with Crippen LogP contribution in [0.3, 0.4) is 0 Å². The number of nitrogens with zero attached hydrogens (tertiary/aromatic N) is 1. The van der Waals surface area contributed by atoms with E-state index in [1.54, 1.807) is 13.1 Å². The maximum absolute atomic E-state index is 12.0. The average Bonchev–Trinajstić information content (AvgIpc) is 2.77. The van der Waals surface area contributed by atoms with Crippen molar-refractivity contribution in [2.24, 2.45) is 0 Å². The van der Waals surface area contributed by atoms with Gasteiger partial charge in [0.05, 0.1) is 11.5 Å². The summed E-state index contributed by atoms with van der Waals surface area (Å²) in [6, 6.07) is 7.66. The number of carbonyl (C=O) groups excluding carboxylic acids is 1. The van der Waals surface area contributed by atoms with Gasteiger partial charge in [0.25, 0.3) is 0 Å². The van der Waals surface area contributed by atoms with Crippen molar-refractivity contribution < 1.29 is 13.2 Å². The van der Waals surface area contributed by atoms with E-state index in [4.69, 9.17) is 0 Å². The minimum atomic E-state index is -2.96. The molecule has 0 radical (unpaired) electrons. The molecular weight excluding hydrogens is 274 g/mol. The van der Waals surface area contributed by atoms with Gasteiger partial charge in [-0.3, -0.25) is 4.79 Å². The number of likely N-dealkylation sites (N-methyl/N-ethyl adjacent to an activating group) is 1. The van der Waals surface area contributed by atoms with Crippen LogP contribution in [-0.4, -0.2) is 43.8 Å². The van der Waals surface area contributed by atoms with Crippen LogP contribution in [0.5, 0.6) is 0 Å². The molecule has 1 aliphatic rings. The number of hydrogen-bond donors (Lipinski definition) is 0. The smallest absolute Gasteiger partial charge is 0.246 e. The first-order valence-electron chi connectivity index (χ1n) is 6.59. The van der Waals surface area contributed by atoms with Gasteiger partial charge in [-0.15, -0.1) is 0 Å². The van der Waals surface area contributed by atoms with Crippen molar-refractivity contribution in [3.05, 3.63) is 41.5 Å². The molecular formula is C15H19NO3S. The minimum Gasteiger partial charge on any atom is -0.338 e. The molecule has 0 spiro atoms. The lowest BCUT2D eigenvalue weighted by Gasteiger charge is -2.21. The van der Waals surface area contributed by atoms with Gasteiger partial charge in [0.1, 0.15) is 0 Å². The Kier molecular flexibility index (Phi) is 4.28. The molecule has 1 aliphatic heterocycles. The Morgan fingerprint density at radius 3 is 2.50 bits per heavy atom. The van der Waals surface area contributed by atoms with Crippen LogP contribution < -0.4 is 0 Å². The van der Waals surface area contributed by atoms with Gasteiger partial charge in [-0.1, -0.05) is 29.8 Å². The first-order valence-corrected chi connectivity index (χ1v) is 8.41. The lowest BCUT2D eigenvalue weighted by molar-refractivity contribution is -0.126. The van der Waals surface area contributed by atoms with E-state index in [1.807, 2.05) is 31.2 Å². The zero-order chi connectivity index (χ0) is 14.8. The maximum atomic E-state index is 12.0. The first-order chi connectivity index (χ1) is 9.37. The van der Waals surface area contributed by atoms with E-state index in [0.717, 1.165) is 5.56 Å². The Morgan fingerprint density at radius 1 is 1.30 bits per heavy atom. The van der Waals surface area contributed by atoms with Crippen molar-refractivity contribution >= 4 is 21.8 Å². The van der Waals surface area contributed by atoms with Gasteiger partial charge in [0, 0.05) is 19.2 Å². The molecule has 5 heteroatoms. The van der Waals surface area contributed by atoms with Gasteiger partial charge in [-0.05, 0) is 25.0 Å². The topological polar surface area (TPSA) is 54.5 Å². The fourth-order valence-corrected chi connectivity index (χ4v) is 4.00. The quantitative estimate of drug-likeness (QED) is 0.796. The largest absolute Gasteiger partial charge is 0.338 e. The van der Waals surface area contributed by atoms with E-state index >= 15 is 0 Å². The number of benzene rings is 1. The Labute approximate surface area is 120 Å². The van der Waals surface area contributed by atoms with Gasteiger partial charge in [-0.2, -0.15) is 0 Å². The molecule has 1 atom stereocenters. The van der Waals surface area contributed by atoms with E-state index in [2.05, 4.69) is 0 Å². The second kappa shape index (κ2) is 5.79. The van der Waals surface area contributed by atoms with Crippen LogP contribution in [0.4, 0.5) is 0 Å². The molecule has 1 amide bonds. The van der Waals surface area contributed by atoms with Gasteiger partial charge < -0.3 is 4.90 Å². The SMILES string of the molecule is Cc1ccc(/C=C/C(=O)N(C)C2CCS(=O)(=O)C2)cc1. The maximum Gasteiger partial charge on any atom is 0.246 e. The molecule has 1 saturated heterocycles. The summed E-state index contributed by atoms with van der Waals surface area (Å²) < 4.78 is 22.8. The van der Waals surface area contributed by atoms with Crippen molar-refractivity contribution in [1.29, 1.82) is 0 Å². The number of aryl methyl sites for hydroxylation is 1. The van der Waals surface area contributed by atoms with Gasteiger partial charge in [-0.25, -0.2) is 8.42 Å². The molecule has 0 aliphatic carbocycles. The molecule has 1 unspecified atom stereocenters. The highest BCUT2D eigenvalue weighted by Gasteiger charge is 2.31. The fourth-order valence-electron chi connectivity index (χ4n) is 2.22. The van der Waals surface area contributed by atoms with E-state index in [9.17, 15) is 13.2 Å². The second-order valence-electron chi connectivity index (χ2n) is 5.25. The lowest BCUT2D eigenvalue weighted by Crippen LogP contribution is -2.36. The van der Waals surface area contributed by atoms with E-state index < -0.39 is 9.84 Å². The predicted molar refractivity (Wildman–Crippen MR) is 80.0 cm³/mol. The highest BCUT2D eigenvalue weighted by atomic mass is 32.2. The Hall–Kier alpha value is -1.62. The molecule has 0 saturated carbocycles. The van der Waals surface area contributed by atoms with Crippen LogP contribution in [0, 0.1) is 6.92 Å². The summed E-state index contributed by atoms with van der Waals surface area (Å²) in [7, 11) is -1.30. The summed E-state index contributed by atoms with van der Waals surface area (Å²) in [4.78, 5) is 13.5. The number of amides is 1. The summed E-state index contributed by atoms with van der Waals surface area (Å²) in [5, 5.41) is 0. The molecule has 108 valence electrons. The molecule has 1 fully saturated rings. The van der Waals surface area contributed by atoms with Gasteiger partial charge >= 0.3 is 0 Å². The minimum absolute atomic E-state index is 0.0770. The Bertz CT molecular complexity index is 617. The van der Waals surface area contributed by atoms with Crippen LogP contribution in [0.25, 0.3) is 6.08 Å². The Morgan fingerprint density at radius 2 is 1.95 bits per heavy atom. The fraction of sp³-hybridized carbons (Fsp3) is 0.400. The highest BCUT2D eigenvalue weighted by molar-refractivity contribution is 7.91. The molecule has 0 N–H and O–H groups in total. The van der Waals surface area contributed by atoms with Gasteiger partial charge in [0.15, 0.2) is 9.84 Å². The van der Waals surface area contributed by atoms with Crippen molar-refractivity contribution in [3.8, 4) is 0 Å². The molecule has 2 rings (SSSR count). The second-order valence-corrected chi connectivity index (χ2v) is 7.48. The highest BCUT2D eigenvalue weighted by Crippen LogP contribution is 2.17. The van der Waals surface area contributed by atoms with E-state index in [0.29, 0.717) is 6.42 Å². The van der Waals surface area contributed by atoms with Crippen molar-refractivity contribution in [1.82, 2.24) is 4.90 Å². The van der Waals surface area contributed by atoms with E-state index in [-0.39, 0.29) is 23.5 Å². The normalized spacial score (nSPS) is 21.2. The summed E-state index contributed by atoms with van der Waals surface area (Å²) in [6.07, 6.45) is 3.78. The number of carbonyl (C=O) groups is 1. The third-order valence-corrected chi connectivity index (χ3v) is 5.35. The molecule has 1 heterocycles. The van der Waals surface area contributed by atoms with Crippen molar-refractivity contribution in [3.63, 3.8) is 0 Å². The Balaban J connectivity index is 1.99. The standard InChI is InChI=1S/C15H19NO3S/c1-12-3-5-13(6-4-12)7-8-15(17)16(2)14-9-10-20(18,19)11-14/h3-8,14H,9-11H2,1-2H3/b8-7+. The third-order valence-electron chi connectivity index (χ3n) is 3.60. The number of rotatable bonds is 3. The predicted octanol–water partition coefficient (Wildman–Crippen LogP) is 1.65. The lowest BCUT2D eigenvalue weighted by atomic mass is 10.1. The van der Waals surface area contributed by atoms with Crippen LogP contribution in [0.1, 0.15) is 17.5 Å². The van der Waals surface area contributed by atoms with E-state index in [1.165, 1.54) is 16.5 Å². The summed E-state index contributed by atoms with van der Waals surface area (Å²) >= 11 is 0. The van der Waals surface area contributed by atoms with Crippen LogP contribution in [-0.2, 0) is 14.6 Å².